The molecule has 0 spiro atoms. The van der Waals surface area contributed by atoms with Crippen LogP contribution in [0, 0.1) is 0 Å². The van der Waals surface area contributed by atoms with Gasteiger partial charge in [0.2, 0.25) is 5.88 Å². The summed E-state index contributed by atoms with van der Waals surface area (Å²) in [4.78, 5) is 12.8. The Hall–Kier alpha value is -2.43. The lowest BCUT2D eigenvalue weighted by Gasteiger charge is -2.25. The summed E-state index contributed by atoms with van der Waals surface area (Å²) in [5.74, 6) is 0.270. The van der Waals surface area contributed by atoms with E-state index in [9.17, 15) is 9.00 Å². The van der Waals surface area contributed by atoms with Gasteiger partial charge in [0.1, 0.15) is 17.6 Å². The first-order chi connectivity index (χ1) is 14.0. The van der Waals surface area contributed by atoms with E-state index in [4.69, 9.17) is 14.6 Å². The van der Waals surface area contributed by atoms with Crippen LogP contribution >= 0.6 is 0 Å². The summed E-state index contributed by atoms with van der Waals surface area (Å²) in [6, 6.07) is 1.54. The standard InChI is InChI=1S/C19H23N5O4S/c1-27-13-9-24-18(28-10-13)16(8-21-24)29(20,26)23-19(25)22-17-14-4-2-3-11(14)7-12-5-6-15(12)17/h7-8,13H,2-6,9-10H2,1H3,(H3,20,22,23,25,26)/t13-,29-/m0/s1. The number of fused-ring (bicyclic) bond motifs is 3. The van der Waals surface area contributed by atoms with Crippen molar-refractivity contribution in [1.29, 1.82) is 0 Å². The van der Waals surface area contributed by atoms with E-state index in [-0.39, 0.29) is 16.9 Å². The highest BCUT2D eigenvalue weighted by Crippen LogP contribution is 2.39. The second-order valence-corrected chi connectivity index (χ2v) is 9.40. The third-order valence-electron chi connectivity index (χ3n) is 5.89. The number of hydrogen-bond donors (Lipinski definition) is 2. The van der Waals surface area contributed by atoms with Crippen molar-refractivity contribution in [2.45, 2.75) is 49.6 Å². The van der Waals surface area contributed by atoms with Gasteiger partial charge in [0.25, 0.3) is 0 Å². The Morgan fingerprint density at radius 2 is 2.14 bits per heavy atom. The van der Waals surface area contributed by atoms with Gasteiger partial charge < -0.3 is 14.8 Å². The Morgan fingerprint density at radius 3 is 2.90 bits per heavy atom. The lowest BCUT2D eigenvalue weighted by atomic mass is 9.83. The average molecular weight is 417 g/mol. The highest BCUT2D eigenvalue weighted by atomic mass is 32.2. The van der Waals surface area contributed by atoms with Gasteiger partial charge in [0.15, 0.2) is 9.92 Å². The van der Waals surface area contributed by atoms with Crippen LogP contribution in [0.1, 0.15) is 28.7 Å². The highest BCUT2D eigenvalue weighted by Gasteiger charge is 2.29. The van der Waals surface area contributed by atoms with Crippen molar-refractivity contribution in [3.63, 3.8) is 0 Å². The van der Waals surface area contributed by atoms with E-state index < -0.39 is 15.9 Å². The highest BCUT2D eigenvalue weighted by molar-refractivity contribution is 7.91. The molecule has 2 heterocycles. The number of methoxy groups -OCH3 is 1. The van der Waals surface area contributed by atoms with Gasteiger partial charge in [-0.2, -0.15) is 5.10 Å². The maximum atomic E-state index is 13.1. The predicted octanol–water partition coefficient (Wildman–Crippen LogP) is 1.81. The van der Waals surface area contributed by atoms with Crippen LogP contribution in [-0.4, -0.2) is 39.8 Å². The number of amides is 2. The largest absolute Gasteiger partial charge is 0.474 e. The van der Waals surface area contributed by atoms with Crippen molar-refractivity contribution in [2.24, 2.45) is 9.50 Å². The van der Waals surface area contributed by atoms with Gasteiger partial charge in [-0.25, -0.2) is 18.8 Å². The van der Waals surface area contributed by atoms with E-state index in [2.05, 4.69) is 20.8 Å². The zero-order valence-corrected chi connectivity index (χ0v) is 17.0. The minimum atomic E-state index is -3.51. The maximum absolute atomic E-state index is 13.1. The molecule has 29 heavy (non-hydrogen) atoms. The Labute approximate surface area is 168 Å². The first-order valence-electron chi connectivity index (χ1n) is 9.70. The molecule has 9 nitrogen and oxygen atoms in total. The third-order valence-corrected chi connectivity index (χ3v) is 7.23. The van der Waals surface area contributed by atoms with E-state index in [0.29, 0.717) is 13.2 Å². The molecule has 3 N–H and O–H groups in total. The number of benzene rings is 1. The summed E-state index contributed by atoms with van der Waals surface area (Å²) in [5, 5.41) is 13.0. The molecule has 2 aromatic rings. The van der Waals surface area contributed by atoms with Crippen LogP contribution < -0.4 is 15.2 Å². The number of urea groups is 1. The van der Waals surface area contributed by atoms with Crippen LogP contribution in [0.5, 0.6) is 5.88 Å². The van der Waals surface area contributed by atoms with E-state index in [1.165, 1.54) is 27.6 Å². The zero-order valence-electron chi connectivity index (χ0n) is 16.1. The molecule has 1 aromatic carbocycles. The first kappa shape index (κ1) is 18.6. The number of aromatic nitrogens is 2. The molecule has 0 saturated heterocycles. The van der Waals surface area contributed by atoms with E-state index >= 15 is 0 Å². The number of nitrogens with zero attached hydrogens (tertiary/aromatic N) is 3. The lowest BCUT2D eigenvalue weighted by Crippen LogP contribution is -2.32. The molecule has 1 aromatic heterocycles. The molecule has 2 amide bonds. The molecule has 5 rings (SSSR count). The van der Waals surface area contributed by atoms with Crippen molar-refractivity contribution < 1.29 is 18.5 Å². The number of carbonyl (C=O) groups excluding carboxylic acids is 1. The van der Waals surface area contributed by atoms with Crippen LogP contribution in [0.15, 0.2) is 21.5 Å². The second-order valence-electron chi connectivity index (χ2n) is 7.64. The number of nitrogens with two attached hydrogens (primary N) is 1. The van der Waals surface area contributed by atoms with Gasteiger partial charge in [-0.15, -0.1) is 4.36 Å². The Morgan fingerprint density at radius 1 is 1.34 bits per heavy atom. The molecule has 1 aliphatic heterocycles. The van der Waals surface area contributed by atoms with Crippen LogP contribution in [0.4, 0.5) is 10.5 Å². The summed E-state index contributed by atoms with van der Waals surface area (Å²) >= 11 is 0. The Kier molecular flexibility index (Phi) is 4.37. The molecule has 0 radical (unpaired) electrons. The minimum Gasteiger partial charge on any atom is -0.474 e. The third kappa shape index (κ3) is 3.11. The summed E-state index contributed by atoms with van der Waals surface area (Å²) in [5.41, 5.74) is 5.74. The minimum absolute atomic E-state index is 0.119. The molecule has 2 aliphatic carbocycles. The van der Waals surface area contributed by atoms with Crippen molar-refractivity contribution >= 4 is 21.6 Å². The Bertz CT molecular complexity index is 1130. The molecule has 3 aliphatic rings. The molecular formula is C19H23N5O4S. The molecule has 0 unspecified atom stereocenters. The monoisotopic (exact) mass is 417 g/mol. The van der Waals surface area contributed by atoms with E-state index in [1.54, 1.807) is 7.11 Å². The van der Waals surface area contributed by atoms with Gasteiger partial charge in [0, 0.05) is 12.8 Å². The topological polar surface area (TPSA) is 121 Å². The summed E-state index contributed by atoms with van der Waals surface area (Å²) in [7, 11) is -1.92. The van der Waals surface area contributed by atoms with Crippen LogP contribution in [0.3, 0.4) is 0 Å². The number of rotatable bonds is 3. The summed E-state index contributed by atoms with van der Waals surface area (Å²) < 4.78 is 29.3. The van der Waals surface area contributed by atoms with Gasteiger partial charge in [-0.05, 0) is 54.4 Å². The number of aryl methyl sites for hydroxylation is 2. The van der Waals surface area contributed by atoms with Gasteiger partial charge in [0.05, 0.1) is 12.7 Å². The van der Waals surface area contributed by atoms with Gasteiger partial charge in [-0.1, -0.05) is 6.07 Å². The normalized spacial score (nSPS) is 21.1. The molecule has 0 fully saturated rings. The van der Waals surface area contributed by atoms with Crippen molar-refractivity contribution in [3.8, 4) is 5.88 Å². The molecule has 2 atom stereocenters. The predicted molar refractivity (Wildman–Crippen MR) is 106 cm³/mol. The van der Waals surface area contributed by atoms with Crippen LogP contribution in [-0.2, 0) is 46.9 Å². The number of anilines is 1. The van der Waals surface area contributed by atoms with Crippen molar-refractivity contribution in [2.75, 3.05) is 19.0 Å². The van der Waals surface area contributed by atoms with E-state index in [0.717, 1.165) is 43.4 Å². The van der Waals surface area contributed by atoms with E-state index in [1.807, 2.05) is 0 Å². The summed E-state index contributed by atoms with van der Waals surface area (Å²) in [6.07, 6.45) is 6.19. The molecule has 0 bridgehead atoms. The summed E-state index contributed by atoms with van der Waals surface area (Å²) in [6.45, 7) is 0.745. The maximum Gasteiger partial charge on any atom is 0.354 e. The fourth-order valence-electron chi connectivity index (χ4n) is 4.29. The molecule has 0 saturated carbocycles. The molecule has 10 heteroatoms. The number of ether oxygens (including phenoxy) is 2. The van der Waals surface area contributed by atoms with Crippen LogP contribution in [0.2, 0.25) is 0 Å². The Balaban J connectivity index is 1.44. The molecular weight excluding hydrogens is 394 g/mol. The second kappa shape index (κ2) is 6.82. The van der Waals surface area contributed by atoms with Crippen LogP contribution in [0.25, 0.3) is 0 Å². The number of nitrogens with one attached hydrogen (secondary N) is 1. The van der Waals surface area contributed by atoms with Crippen molar-refractivity contribution in [1.82, 2.24) is 9.78 Å². The fraction of sp³-hybridized carbons (Fsp3) is 0.474. The van der Waals surface area contributed by atoms with Gasteiger partial charge in [-0.3, -0.25) is 0 Å². The number of carbonyl (C=O) groups is 1. The first-order valence-corrected chi connectivity index (χ1v) is 11.3. The zero-order chi connectivity index (χ0) is 20.2. The number of hydrogen-bond acceptors (Lipinski definition) is 5. The van der Waals surface area contributed by atoms with Gasteiger partial charge >= 0.3 is 6.03 Å². The molecule has 154 valence electrons. The smallest absolute Gasteiger partial charge is 0.354 e. The van der Waals surface area contributed by atoms with Crippen molar-refractivity contribution in [3.05, 3.63) is 34.5 Å². The quantitative estimate of drug-likeness (QED) is 0.789. The fourth-order valence-corrected chi connectivity index (χ4v) is 5.29. The SMILES string of the molecule is CO[C@@H]1COc2c([S@@](N)(=O)=NC(=O)Nc3c4c(cc5c3CC5)CCC4)cnn2C1. The average Bonchev–Trinajstić information content (AvgIpc) is 3.30. The lowest BCUT2D eigenvalue weighted by molar-refractivity contribution is 0.0165.